The van der Waals surface area contributed by atoms with Crippen LogP contribution in [-0.2, 0) is 11.3 Å². The van der Waals surface area contributed by atoms with E-state index in [1.807, 2.05) is 54.6 Å². The fraction of sp³-hybridized carbons (Fsp3) is 0.211. The number of likely N-dealkylation sites (N-methyl/N-ethyl adjacent to an activating group) is 1. The molecule has 1 amide bonds. The highest BCUT2D eigenvalue weighted by atomic mass is 16.5. The average molecular weight is 311 g/mol. The normalized spacial score (nSPS) is 10.6. The van der Waals surface area contributed by atoms with Crippen LogP contribution in [0.2, 0.25) is 0 Å². The summed E-state index contributed by atoms with van der Waals surface area (Å²) in [5.41, 5.74) is 1.92. The highest BCUT2D eigenvalue weighted by Gasteiger charge is 2.10. The minimum Gasteiger partial charge on any atom is -0.497 e. The van der Waals surface area contributed by atoms with Gasteiger partial charge in [-0.3, -0.25) is 4.79 Å². The van der Waals surface area contributed by atoms with Gasteiger partial charge < -0.3 is 14.4 Å². The SMILES string of the molecule is COc1ccc(CN(C)C(=O)/C=C/c2ccccc2)c(OC)c1. The number of nitrogens with zero attached hydrogens (tertiary/aromatic N) is 1. The zero-order valence-electron chi connectivity index (χ0n) is 13.7. The van der Waals surface area contributed by atoms with Gasteiger partial charge in [-0.05, 0) is 23.8 Å². The predicted octanol–water partition coefficient (Wildman–Crippen LogP) is 3.38. The Hall–Kier alpha value is -2.75. The molecule has 0 aliphatic carbocycles. The van der Waals surface area contributed by atoms with Crippen molar-refractivity contribution in [2.45, 2.75) is 6.54 Å². The second-order valence-electron chi connectivity index (χ2n) is 5.12. The zero-order valence-corrected chi connectivity index (χ0v) is 13.7. The molecular weight excluding hydrogens is 290 g/mol. The van der Waals surface area contributed by atoms with Gasteiger partial charge in [0.25, 0.3) is 0 Å². The van der Waals surface area contributed by atoms with E-state index in [4.69, 9.17) is 9.47 Å². The summed E-state index contributed by atoms with van der Waals surface area (Å²) in [4.78, 5) is 13.9. The zero-order chi connectivity index (χ0) is 16.7. The van der Waals surface area contributed by atoms with Crippen molar-refractivity contribution < 1.29 is 14.3 Å². The minimum absolute atomic E-state index is 0.0632. The van der Waals surface area contributed by atoms with Crippen molar-refractivity contribution in [3.63, 3.8) is 0 Å². The van der Waals surface area contributed by atoms with Gasteiger partial charge in [0.1, 0.15) is 11.5 Å². The lowest BCUT2D eigenvalue weighted by atomic mass is 10.1. The van der Waals surface area contributed by atoms with Crippen LogP contribution in [0.15, 0.2) is 54.6 Å². The molecule has 0 saturated heterocycles. The molecule has 120 valence electrons. The third kappa shape index (κ3) is 4.61. The van der Waals surface area contributed by atoms with Gasteiger partial charge in [0.05, 0.1) is 14.2 Å². The van der Waals surface area contributed by atoms with Gasteiger partial charge in [-0.2, -0.15) is 0 Å². The van der Waals surface area contributed by atoms with Crippen molar-refractivity contribution >= 4 is 12.0 Å². The molecule has 0 aliphatic rings. The molecule has 2 aromatic rings. The molecule has 0 heterocycles. The molecule has 2 rings (SSSR count). The fourth-order valence-electron chi connectivity index (χ4n) is 2.17. The summed E-state index contributed by atoms with van der Waals surface area (Å²) in [5.74, 6) is 1.37. The van der Waals surface area contributed by atoms with Crippen LogP contribution in [0, 0.1) is 0 Å². The van der Waals surface area contributed by atoms with Gasteiger partial charge in [-0.1, -0.05) is 30.3 Å². The number of carbonyl (C=O) groups is 1. The van der Waals surface area contributed by atoms with E-state index >= 15 is 0 Å². The van der Waals surface area contributed by atoms with Crippen LogP contribution >= 0.6 is 0 Å². The number of hydrogen-bond donors (Lipinski definition) is 0. The number of benzene rings is 2. The highest BCUT2D eigenvalue weighted by molar-refractivity contribution is 5.91. The molecule has 0 bridgehead atoms. The van der Waals surface area contributed by atoms with Gasteiger partial charge in [-0.25, -0.2) is 0 Å². The van der Waals surface area contributed by atoms with Crippen LogP contribution in [0.5, 0.6) is 11.5 Å². The summed E-state index contributed by atoms with van der Waals surface area (Å²) >= 11 is 0. The highest BCUT2D eigenvalue weighted by Crippen LogP contribution is 2.25. The van der Waals surface area contributed by atoms with E-state index in [9.17, 15) is 4.79 Å². The molecule has 0 aromatic heterocycles. The van der Waals surface area contributed by atoms with Crippen LogP contribution < -0.4 is 9.47 Å². The van der Waals surface area contributed by atoms with Crippen molar-refractivity contribution in [1.29, 1.82) is 0 Å². The second-order valence-corrected chi connectivity index (χ2v) is 5.12. The lowest BCUT2D eigenvalue weighted by Gasteiger charge is -2.17. The number of carbonyl (C=O) groups excluding carboxylic acids is 1. The number of amides is 1. The maximum absolute atomic E-state index is 12.2. The molecule has 0 aliphatic heterocycles. The fourth-order valence-corrected chi connectivity index (χ4v) is 2.17. The lowest BCUT2D eigenvalue weighted by Crippen LogP contribution is -2.24. The van der Waals surface area contributed by atoms with Crippen molar-refractivity contribution in [1.82, 2.24) is 4.90 Å². The first-order chi connectivity index (χ1) is 11.1. The quantitative estimate of drug-likeness (QED) is 0.768. The average Bonchev–Trinajstić information content (AvgIpc) is 2.60. The number of hydrogen-bond acceptors (Lipinski definition) is 3. The maximum atomic E-state index is 12.2. The predicted molar refractivity (Wildman–Crippen MR) is 91.5 cm³/mol. The van der Waals surface area contributed by atoms with Crippen molar-refractivity contribution in [2.75, 3.05) is 21.3 Å². The summed E-state index contributed by atoms with van der Waals surface area (Å²) in [7, 11) is 4.98. The summed E-state index contributed by atoms with van der Waals surface area (Å²) in [6.45, 7) is 0.463. The van der Waals surface area contributed by atoms with E-state index in [-0.39, 0.29) is 5.91 Å². The number of ether oxygens (including phenoxy) is 2. The van der Waals surface area contributed by atoms with E-state index in [1.165, 1.54) is 0 Å². The first-order valence-corrected chi connectivity index (χ1v) is 7.33. The Morgan fingerprint density at radius 1 is 1.09 bits per heavy atom. The summed E-state index contributed by atoms with van der Waals surface area (Å²) in [5, 5.41) is 0. The van der Waals surface area contributed by atoms with Crippen LogP contribution in [-0.4, -0.2) is 32.1 Å². The van der Waals surface area contributed by atoms with Gasteiger partial charge in [0.15, 0.2) is 0 Å². The van der Waals surface area contributed by atoms with Gasteiger partial charge in [0, 0.05) is 31.3 Å². The van der Waals surface area contributed by atoms with Crippen LogP contribution in [0.3, 0.4) is 0 Å². The third-order valence-electron chi connectivity index (χ3n) is 3.50. The molecule has 0 spiro atoms. The van der Waals surface area contributed by atoms with E-state index < -0.39 is 0 Å². The Kier molecular flexibility index (Phi) is 5.80. The molecule has 4 heteroatoms. The first-order valence-electron chi connectivity index (χ1n) is 7.33. The molecule has 4 nitrogen and oxygen atoms in total. The minimum atomic E-state index is -0.0632. The third-order valence-corrected chi connectivity index (χ3v) is 3.50. The first kappa shape index (κ1) is 16.6. The van der Waals surface area contributed by atoms with Crippen molar-refractivity contribution in [3.05, 3.63) is 65.7 Å². The topological polar surface area (TPSA) is 38.8 Å². The van der Waals surface area contributed by atoms with Crippen molar-refractivity contribution in [3.8, 4) is 11.5 Å². The van der Waals surface area contributed by atoms with Crippen molar-refractivity contribution in [2.24, 2.45) is 0 Å². The molecule has 23 heavy (non-hydrogen) atoms. The van der Waals surface area contributed by atoms with E-state index in [2.05, 4.69) is 0 Å². The molecule has 2 aromatic carbocycles. The lowest BCUT2D eigenvalue weighted by molar-refractivity contribution is -0.125. The van der Waals surface area contributed by atoms with Gasteiger partial charge in [-0.15, -0.1) is 0 Å². The molecule has 0 radical (unpaired) electrons. The summed E-state index contributed by atoms with van der Waals surface area (Å²) in [6.07, 6.45) is 3.38. The molecular formula is C19H21NO3. The van der Waals surface area contributed by atoms with E-state index in [1.54, 1.807) is 32.2 Å². The Bertz CT molecular complexity index is 680. The summed E-state index contributed by atoms with van der Waals surface area (Å²) < 4.78 is 10.5. The number of methoxy groups -OCH3 is 2. The van der Waals surface area contributed by atoms with Crippen LogP contribution in [0.4, 0.5) is 0 Å². The summed E-state index contributed by atoms with van der Waals surface area (Å²) in [6, 6.07) is 15.3. The largest absolute Gasteiger partial charge is 0.497 e. The van der Waals surface area contributed by atoms with Crippen LogP contribution in [0.1, 0.15) is 11.1 Å². The van der Waals surface area contributed by atoms with Crippen LogP contribution in [0.25, 0.3) is 6.08 Å². The molecule has 0 atom stereocenters. The second kappa shape index (κ2) is 8.03. The Morgan fingerprint density at radius 2 is 1.83 bits per heavy atom. The van der Waals surface area contributed by atoms with Gasteiger partial charge in [0.2, 0.25) is 5.91 Å². The molecule has 0 unspecified atom stereocenters. The molecule has 0 fully saturated rings. The Morgan fingerprint density at radius 3 is 2.48 bits per heavy atom. The van der Waals surface area contributed by atoms with E-state index in [0.717, 1.165) is 16.9 Å². The van der Waals surface area contributed by atoms with Gasteiger partial charge >= 0.3 is 0 Å². The molecule has 0 N–H and O–H groups in total. The monoisotopic (exact) mass is 311 g/mol. The number of rotatable bonds is 6. The standard InChI is InChI=1S/C19H21NO3/c1-20(19(21)12-9-15-7-5-4-6-8-15)14-16-10-11-17(22-2)13-18(16)23-3/h4-13H,14H2,1-3H3/b12-9+. The Balaban J connectivity index is 2.05. The maximum Gasteiger partial charge on any atom is 0.246 e. The smallest absolute Gasteiger partial charge is 0.246 e. The Labute approximate surface area is 137 Å². The van der Waals surface area contributed by atoms with E-state index in [0.29, 0.717) is 12.3 Å². The molecule has 0 saturated carbocycles.